The van der Waals surface area contributed by atoms with Gasteiger partial charge in [0.2, 0.25) is 5.91 Å². The van der Waals surface area contributed by atoms with Gasteiger partial charge < -0.3 is 0 Å². The fourth-order valence-corrected chi connectivity index (χ4v) is 1.08. The largest absolute Gasteiger partial charge is 0.273 e. The minimum Gasteiger partial charge on any atom is -0.273 e. The molecule has 0 aliphatic heterocycles. The number of benzene rings is 1. The van der Waals surface area contributed by atoms with Crippen molar-refractivity contribution in [2.24, 2.45) is 11.0 Å². The van der Waals surface area contributed by atoms with Crippen LogP contribution in [0.5, 0.6) is 0 Å². The first kappa shape index (κ1) is 11.4. The molecule has 80 valence electrons. The van der Waals surface area contributed by atoms with Crippen molar-refractivity contribution in [2.45, 2.75) is 20.3 Å². The van der Waals surface area contributed by atoms with Crippen molar-refractivity contribution in [3.63, 3.8) is 0 Å². The number of amides is 1. The van der Waals surface area contributed by atoms with E-state index in [0.717, 1.165) is 5.56 Å². The van der Waals surface area contributed by atoms with Gasteiger partial charge in [-0.25, -0.2) is 5.43 Å². The number of nitrogens with zero attached hydrogens (tertiary/aromatic N) is 1. The van der Waals surface area contributed by atoms with E-state index in [1.807, 2.05) is 44.2 Å². The summed E-state index contributed by atoms with van der Waals surface area (Å²) < 4.78 is 0. The number of carbonyl (C=O) groups is 1. The van der Waals surface area contributed by atoms with Gasteiger partial charge in [0.05, 0.1) is 6.42 Å². The summed E-state index contributed by atoms with van der Waals surface area (Å²) in [6, 6.07) is 9.61. The molecular formula is C12H16N2O. The Hall–Kier alpha value is -1.64. The molecule has 1 amide bonds. The van der Waals surface area contributed by atoms with Gasteiger partial charge in [0.1, 0.15) is 0 Å². The van der Waals surface area contributed by atoms with E-state index in [0.29, 0.717) is 12.3 Å². The van der Waals surface area contributed by atoms with E-state index in [1.54, 1.807) is 6.21 Å². The van der Waals surface area contributed by atoms with Crippen molar-refractivity contribution >= 4 is 12.1 Å². The average Bonchev–Trinajstić information content (AvgIpc) is 2.18. The lowest BCUT2D eigenvalue weighted by atomic mass is 10.1. The molecule has 0 saturated heterocycles. The van der Waals surface area contributed by atoms with Crippen LogP contribution in [0.15, 0.2) is 35.4 Å². The van der Waals surface area contributed by atoms with Gasteiger partial charge in [0, 0.05) is 6.21 Å². The number of hydrazone groups is 1. The highest BCUT2D eigenvalue weighted by molar-refractivity contribution is 5.79. The molecule has 0 aliphatic rings. The van der Waals surface area contributed by atoms with E-state index < -0.39 is 0 Å². The molecule has 0 atom stereocenters. The molecular weight excluding hydrogens is 188 g/mol. The molecule has 0 radical (unpaired) electrons. The average molecular weight is 204 g/mol. The van der Waals surface area contributed by atoms with Crippen LogP contribution < -0.4 is 5.43 Å². The Morgan fingerprint density at radius 3 is 2.67 bits per heavy atom. The standard InChI is InChI=1S/C12H16N2O/c1-10(2)9-13-14-12(15)8-11-6-4-3-5-7-11/h3-7,9-10H,8H2,1-2H3,(H,14,15)/b13-9+. The molecule has 0 saturated carbocycles. The minimum atomic E-state index is -0.0851. The molecule has 3 heteroatoms. The molecule has 0 spiro atoms. The Bertz CT molecular complexity index is 331. The van der Waals surface area contributed by atoms with Gasteiger partial charge in [0.25, 0.3) is 0 Å². The quantitative estimate of drug-likeness (QED) is 0.591. The maximum absolute atomic E-state index is 11.4. The third kappa shape index (κ3) is 4.96. The van der Waals surface area contributed by atoms with Crippen LogP contribution >= 0.6 is 0 Å². The van der Waals surface area contributed by atoms with Crippen molar-refractivity contribution < 1.29 is 4.79 Å². The van der Waals surface area contributed by atoms with Gasteiger partial charge in [0.15, 0.2) is 0 Å². The first-order valence-corrected chi connectivity index (χ1v) is 5.04. The first-order valence-electron chi connectivity index (χ1n) is 5.04. The fraction of sp³-hybridized carbons (Fsp3) is 0.333. The van der Waals surface area contributed by atoms with Crippen molar-refractivity contribution in [1.29, 1.82) is 0 Å². The lowest BCUT2D eigenvalue weighted by molar-refractivity contribution is -0.120. The Kier molecular flexibility index (Phi) is 4.54. The molecule has 0 aromatic heterocycles. The van der Waals surface area contributed by atoms with E-state index >= 15 is 0 Å². The van der Waals surface area contributed by atoms with Gasteiger partial charge in [-0.1, -0.05) is 44.2 Å². The molecule has 0 unspecified atom stereocenters. The molecule has 3 nitrogen and oxygen atoms in total. The van der Waals surface area contributed by atoms with Crippen LogP contribution in [0.1, 0.15) is 19.4 Å². The van der Waals surface area contributed by atoms with Crippen LogP contribution in [0, 0.1) is 5.92 Å². The molecule has 1 N–H and O–H groups in total. The molecule has 1 aromatic carbocycles. The summed E-state index contributed by atoms with van der Waals surface area (Å²) in [6.07, 6.45) is 2.08. The van der Waals surface area contributed by atoms with Crippen LogP contribution in [0.4, 0.5) is 0 Å². The van der Waals surface area contributed by atoms with Crippen LogP contribution in [0.25, 0.3) is 0 Å². The maximum Gasteiger partial charge on any atom is 0.244 e. The number of nitrogens with one attached hydrogen (secondary N) is 1. The zero-order valence-electron chi connectivity index (χ0n) is 9.10. The predicted octanol–water partition coefficient (Wildman–Crippen LogP) is 1.99. The van der Waals surface area contributed by atoms with E-state index in [2.05, 4.69) is 10.5 Å². The lowest BCUT2D eigenvalue weighted by Gasteiger charge is -2.00. The van der Waals surface area contributed by atoms with Crippen molar-refractivity contribution in [3.8, 4) is 0 Å². The highest BCUT2D eigenvalue weighted by Crippen LogP contribution is 1.98. The van der Waals surface area contributed by atoms with E-state index in [4.69, 9.17) is 0 Å². The summed E-state index contributed by atoms with van der Waals surface area (Å²) in [5.41, 5.74) is 3.49. The van der Waals surface area contributed by atoms with Crippen LogP contribution in [0.3, 0.4) is 0 Å². The van der Waals surface area contributed by atoms with Gasteiger partial charge >= 0.3 is 0 Å². The summed E-state index contributed by atoms with van der Waals surface area (Å²) in [5.74, 6) is 0.264. The highest BCUT2D eigenvalue weighted by atomic mass is 16.2. The third-order valence-electron chi connectivity index (χ3n) is 1.77. The molecule has 0 heterocycles. The van der Waals surface area contributed by atoms with Crippen LogP contribution in [0.2, 0.25) is 0 Å². The van der Waals surface area contributed by atoms with Gasteiger partial charge in [-0.05, 0) is 11.5 Å². The minimum absolute atomic E-state index is 0.0851. The van der Waals surface area contributed by atoms with Crippen molar-refractivity contribution in [2.75, 3.05) is 0 Å². The predicted molar refractivity (Wildman–Crippen MR) is 61.6 cm³/mol. The topological polar surface area (TPSA) is 41.5 Å². The summed E-state index contributed by atoms with van der Waals surface area (Å²) in [5, 5.41) is 3.84. The summed E-state index contributed by atoms with van der Waals surface area (Å²) in [6.45, 7) is 4.01. The number of hydrogen-bond acceptors (Lipinski definition) is 2. The smallest absolute Gasteiger partial charge is 0.244 e. The SMILES string of the molecule is CC(C)/C=N/NC(=O)Cc1ccccc1. The summed E-state index contributed by atoms with van der Waals surface area (Å²) >= 11 is 0. The molecule has 15 heavy (non-hydrogen) atoms. The van der Waals surface area contributed by atoms with E-state index in [9.17, 15) is 4.79 Å². The second kappa shape index (κ2) is 5.96. The normalized spacial score (nSPS) is 10.9. The lowest BCUT2D eigenvalue weighted by Crippen LogP contribution is -2.20. The van der Waals surface area contributed by atoms with Crippen LogP contribution in [-0.2, 0) is 11.2 Å². The summed E-state index contributed by atoms with van der Waals surface area (Å²) in [4.78, 5) is 11.4. The number of hydrogen-bond donors (Lipinski definition) is 1. The zero-order chi connectivity index (χ0) is 11.1. The second-order valence-corrected chi connectivity index (χ2v) is 3.72. The maximum atomic E-state index is 11.4. The van der Waals surface area contributed by atoms with Crippen molar-refractivity contribution in [1.82, 2.24) is 5.43 Å². The molecule has 1 rings (SSSR count). The highest BCUT2D eigenvalue weighted by Gasteiger charge is 2.00. The molecule has 1 aromatic rings. The molecule has 0 aliphatic carbocycles. The van der Waals surface area contributed by atoms with Gasteiger partial charge in [-0.2, -0.15) is 5.10 Å². The Morgan fingerprint density at radius 1 is 1.40 bits per heavy atom. The third-order valence-corrected chi connectivity index (χ3v) is 1.77. The van der Waals surface area contributed by atoms with Crippen molar-refractivity contribution in [3.05, 3.63) is 35.9 Å². The summed E-state index contributed by atoms with van der Waals surface area (Å²) in [7, 11) is 0. The van der Waals surface area contributed by atoms with Gasteiger partial charge in [-0.3, -0.25) is 4.79 Å². The number of carbonyl (C=O) groups excluding carboxylic acids is 1. The fourth-order valence-electron chi connectivity index (χ4n) is 1.08. The Balaban J connectivity index is 2.37. The first-order chi connectivity index (χ1) is 7.18. The van der Waals surface area contributed by atoms with Gasteiger partial charge in [-0.15, -0.1) is 0 Å². The second-order valence-electron chi connectivity index (χ2n) is 3.72. The van der Waals surface area contributed by atoms with E-state index in [-0.39, 0.29) is 5.91 Å². The van der Waals surface area contributed by atoms with E-state index in [1.165, 1.54) is 0 Å². The number of rotatable bonds is 4. The molecule has 0 bridgehead atoms. The monoisotopic (exact) mass is 204 g/mol. The zero-order valence-corrected chi connectivity index (χ0v) is 9.10. The Morgan fingerprint density at radius 2 is 2.07 bits per heavy atom. The van der Waals surface area contributed by atoms with Crippen LogP contribution in [-0.4, -0.2) is 12.1 Å². The Labute approximate surface area is 90.2 Å². The molecule has 0 fully saturated rings.